The van der Waals surface area contributed by atoms with E-state index < -0.39 is 26.0 Å². The smallest absolute Gasteiger partial charge is 0.296 e. The molecular formula is C17H14N4O7S. The van der Waals surface area contributed by atoms with Crippen LogP contribution in [0.15, 0.2) is 58.6 Å². The first kappa shape index (κ1) is 19.8. The lowest BCUT2D eigenvalue weighted by molar-refractivity contribution is -0.384. The number of nitrogen functional groups attached to an aromatic ring is 1. The number of rotatable bonds is 6. The van der Waals surface area contributed by atoms with Gasteiger partial charge in [0.25, 0.3) is 11.2 Å². The number of aromatic amines is 1. The lowest BCUT2D eigenvalue weighted by atomic mass is 10.2. The number of anilines is 1. The van der Waals surface area contributed by atoms with E-state index in [0.717, 1.165) is 24.6 Å². The maximum atomic E-state index is 11.9. The maximum absolute atomic E-state index is 11.9. The van der Waals surface area contributed by atoms with Gasteiger partial charge in [0.2, 0.25) is 0 Å². The minimum Gasteiger partial charge on any atom is -0.452 e. The second kappa shape index (κ2) is 7.59. The van der Waals surface area contributed by atoms with E-state index in [9.17, 15) is 23.3 Å². The summed E-state index contributed by atoms with van der Waals surface area (Å²) < 4.78 is 34.1. The Kier molecular flexibility index (Phi) is 5.19. The first-order valence-electron chi connectivity index (χ1n) is 7.92. The molecule has 0 saturated carbocycles. The molecule has 0 aliphatic rings. The standard InChI is InChI=1S/C17H14N4O7S/c1-29(25,26)16-5-4-10(9-20-16)27-15-8-12(21(23)24)11(18)7-14(15)28-13-3-2-6-19-17(13)22/h2-9H,18H2,1H3,(H,19,22). The van der Waals surface area contributed by atoms with E-state index in [-0.39, 0.29) is 33.7 Å². The van der Waals surface area contributed by atoms with Crippen LogP contribution in [0.2, 0.25) is 0 Å². The van der Waals surface area contributed by atoms with Gasteiger partial charge in [-0.1, -0.05) is 0 Å². The number of nitrogens with two attached hydrogens (primary N) is 1. The number of nitro groups is 1. The van der Waals surface area contributed by atoms with Crippen molar-refractivity contribution in [1.82, 2.24) is 9.97 Å². The Hall–Kier alpha value is -3.93. The summed E-state index contributed by atoms with van der Waals surface area (Å²) in [6.07, 6.45) is 3.55. The summed E-state index contributed by atoms with van der Waals surface area (Å²) in [6, 6.07) is 7.65. The van der Waals surface area contributed by atoms with Crippen LogP contribution < -0.4 is 20.8 Å². The number of H-pyrrole nitrogens is 1. The second-order valence-electron chi connectivity index (χ2n) is 5.79. The molecule has 0 saturated heterocycles. The number of nitrogens with one attached hydrogen (secondary N) is 1. The zero-order valence-electron chi connectivity index (χ0n) is 14.9. The number of hydrogen-bond acceptors (Lipinski definition) is 9. The number of pyridine rings is 2. The summed E-state index contributed by atoms with van der Waals surface area (Å²) in [5, 5.41) is 11.0. The molecule has 2 heterocycles. The zero-order chi connectivity index (χ0) is 21.2. The molecule has 150 valence electrons. The van der Waals surface area contributed by atoms with Crippen molar-refractivity contribution in [2.45, 2.75) is 5.03 Å². The van der Waals surface area contributed by atoms with Gasteiger partial charge in [-0.3, -0.25) is 14.9 Å². The average molecular weight is 418 g/mol. The Morgan fingerprint density at radius 3 is 2.45 bits per heavy atom. The summed E-state index contributed by atoms with van der Waals surface area (Å²) in [5.74, 6) is -0.181. The Morgan fingerprint density at radius 2 is 1.86 bits per heavy atom. The Bertz CT molecular complexity index is 1240. The number of nitrogens with zero attached hydrogens (tertiary/aromatic N) is 2. The van der Waals surface area contributed by atoms with Crippen molar-refractivity contribution in [2.75, 3.05) is 12.0 Å². The van der Waals surface area contributed by atoms with Crippen LogP contribution in [-0.4, -0.2) is 29.6 Å². The largest absolute Gasteiger partial charge is 0.452 e. The van der Waals surface area contributed by atoms with E-state index in [2.05, 4.69) is 9.97 Å². The number of nitro benzene ring substituents is 1. The van der Waals surface area contributed by atoms with Gasteiger partial charge >= 0.3 is 0 Å². The molecule has 0 amide bonds. The van der Waals surface area contributed by atoms with Crippen LogP contribution in [0.3, 0.4) is 0 Å². The summed E-state index contributed by atoms with van der Waals surface area (Å²) in [4.78, 5) is 28.6. The molecule has 0 unspecified atom stereocenters. The van der Waals surface area contributed by atoms with E-state index >= 15 is 0 Å². The SMILES string of the molecule is CS(=O)(=O)c1ccc(Oc2cc([N+](=O)[O-])c(N)cc2Oc2ccc[nH]c2=O)cn1. The normalized spacial score (nSPS) is 11.1. The maximum Gasteiger partial charge on any atom is 0.296 e. The van der Waals surface area contributed by atoms with Crippen molar-refractivity contribution in [1.29, 1.82) is 0 Å². The van der Waals surface area contributed by atoms with Gasteiger partial charge in [0, 0.05) is 18.5 Å². The third-order valence-electron chi connectivity index (χ3n) is 3.61. The van der Waals surface area contributed by atoms with Crippen molar-refractivity contribution < 1.29 is 22.8 Å². The van der Waals surface area contributed by atoms with E-state index in [1.165, 1.54) is 30.5 Å². The quantitative estimate of drug-likeness (QED) is 0.346. The number of ether oxygens (including phenoxy) is 2. The third-order valence-corrected chi connectivity index (χ3v) is 4.61. The van der Waals surface area contributed by atoms with Gasteiger partial charge in [-0.15, -0.1) is 0 Å². The van der Waals surface area contributed by atoms with E-state index in [1.54, 1.807) is 0 Å². The summed E-state index contributed by atoms with van der Waals surface area (Å²) >= 11 is 0. The van der Waals surface area contributed by atoms with Gasteiger partial charge in [0.15, 0.2) is 32.1 Å². The number of aromatic nitrogens is 2. The molecule has 3 aromatic rings. The predicted molar refractivity (Wildman–Crippen MR) is 102 cm³/mol. The summed E-state index contributed by atoms with van der Waals surface area (Å²) in [6.45, 7) is 0. The minimum atomic E-state index is -3.51. The first-order chi connectivity index (χ1) is 13.6. The predicted octanol–water partition coefficient (Wildman–Crippen LogP) is 2.25. The van der Waals surface area contributed by atoms with Gasteiger partial charge in [-0.2, -0.15) is 0 Å². The number of sulfone groups is 1. The fraction of sp³-hybridized carbons (Fsp3) is 0.0588. The Balaban J connectivity index is 2.03. The van der Waals surface area contributed by atoms with Gasteiger partial charge in [-0.25, -0.2) is 13.4 Å². The lowest BCUT2D eigenvalue weighted by Crippen LogP contribution is -2.07. The molecule has 0 aliphatic heterocycles. The molecule has 11 nitrogen and oxygen atoms in total. The second-order valence-corrected chi connectivity index (χ2v) is 7.75. The Morgan fingerprint density at radius 1 is 1.14 bits per heavy atom. The third kappa shape index (κ3) is 4.50. The van der Waals surface area contributed by atoms with Crippen LogP contribution in [0.25, 0.3) is 0 Å². The highest BCUT2D eigenvalue weighted by molar-refractivity contribution is 7.90. The van der Waals surface area contributed by atoms with Crippen molar-refractivity contribution in [2.24, 2.45) is 0 Å². The topological polar surface area (TPSA) is 168 Å². The monoisotopic (exact) mass is 418 g/mol. The highest BCUT2D eigenvalue weighted by atomic mass is 32.2. The fourth-order valence-electron chi connectivity index (χ4n) is 2.26. The van der Waals surface area contributed by atoms with Crippen molar-refractivity contribution >= 4 is 21.2 Å². The molecular weight excluding hydrogens is 404 g/mol. The van der Waals surface area contributed by atoms with Gasteiger partial charge < -0.3 is 20.2 Å². The molecule has 0 radical (unpaired) electrons. The van der Waals surface area contributed by atoms with Gasteiger partial charge in [0.1, 0.15) is 11.4 Å². The summed E-state index contributed by atoms with van der Waals surface area (Å²) in [7, 11) is -3.51. The molecule has 0 bridgehead atoms. The molecule has 0 aliphatic carbocycles. The molecule has 12 heteroatoms. The molecule has 3 rings (SSSR count). The van der Waals surface area contributed by atoms with Crippen molar-refractivity contribution in [3.63, 3.8) is 0 Å². The number of benzene rings is 1. The molecule has 3 N–H and O–H groups in total. The highest BCUT2D eigenvalue weighted by Gasteiger charge is 2.20. The van der Waals surface area contributed by atoms with Crippen LogP contribution in [0, 0.1) is 10.1 Å². The van der Waals surface area contributed by atoms with Crippen LogP contribution in [0.4, 0.5) is 11.4 Å². The van der Waals surface area contributed by atoms with Crippen LogP contribution in [0.1, 0.15) is 0 Å². The zero-order valence-corrected chi connectivity index (χ0v) is 15.7. The molecule has 0 fully saturated rings. The van der Waals surface area contributed by atoms with Crippen molar-refractivity contribution in [3.8, 4) is 23.0 Å². The van der Waals surface area contributed by atoms with Crippen LogP contribution in [-0.2, 0) is 9.84 Å². The highest BCUT2D eigenvalue weighted by Crippen LogP contribution is 2.40. The molecule has 2 aromatic heterocycles. The van der Waals surface area contributed by atoms with Crippen molar-refractivity contribution in [3.05, 3.63) is 69.3 Å². The fourth-order valence-corrected chi connectivity index (χ4v) is 2.82. The molecule has 29 heavy (non-hydrogen) atoms. The minimum absolute atomic E-state index is 0.0583. The van der Waals surface area contributed by atoms with Crippen LogP contribution >= 0.6 is 0 Å². The van der Waals surface area contributed by atoms with Gasteiger partial charge in [-0.05, 0) is 24.3 Å². The van der Waals surface area contributed by atoms with Gasteiger partial charge in [0.05, 0.1) is 17.2 Å². The van der Waals surface area contributed by atoms with E-state index in [4.69, 9.17) is 15.2 Å². The van der Waals surface area contributed by atoms with E-state index in [1.807, 2.05) is 0 Å². The summed E-state index contributed by atoms with van der Waals surface area (Å²) in [5.41, 5.74) is 4.54. The lowest BCUT2D eigenvalue weighted by Gasteiger charge is -2.13. The average Bonchev–Trinajstić information content (AvgIpc) is 2.65. The Labute approximate surface area is 163 Å². The molecule has 0 spiro atoms. The molecule has 0 atom stereocenters. The number of hydrogen-bond donors (Lipinski definition) is 2. The molecule has 1 aromatic carbocycles. The van der Waals surface area contributed by atoms with Crippen LogP contribution in [0.5, 0.6) is 23.0 Å². The van der Waals surface area contributed by atoms with E-state index in [0.29, 0.717) is 0 Å². The first-order valence-corrected chi connectivity index (χ1v) is 9.82.